The molecule has 0 saturated carbocycles. The highest BCUT2D eigenvalue weighted by Crippen LogP contribution is 2.28. The summed E-state index contributed by atoms with van der Waals surface area (Å²) in [5.74, 6) is 0.525. The molecule has 1 unspecified atom stereocenters. The van der Waals surface area contributed by atoms with E-state index in [1.165, 1.54) is 12.5 Å². The zero-order valence-corrected chi connectivity index (χ0v) is 11.7. The van der Waals surface area contributed by atoms with Crippen LogP contribution >= 0.6 is 11.6 Å². The van der Waals surface area contributed by atoms with E-state index in [0.717, 1.165) is 26.1 Å². The van der Waals surface area contributed by atoms with Gasteiger partial charge in [-0.15, -0.1) is 0 Å². The minimum Gasteiger partial charge on any atom is -0.379 e. The summed E-state index contributed by atoms with van der Waals surface area (Å²) in [4.78, 5) is 12.9. The number of nitro groups is 1. The van der Waals surface area contributed by atoms with Gasteiger partial charge in [-0.1, -0.05) is 11.6 Å². The predicted molar refractivity (Wildman–Crippen MR) is 76.8 cm³/mol. The lowest BCUT2D eigenvalue weighted by atomic mass is 9.98. The van der Waals surface area contributed by atoms with Gasteiger partial charge in [0.15, 0.2) is 0 Å². The van der Waals surface area contributed by atoms with Crippen LogP contribution in [0.3, 0.4) is 0 Å². The summed E-state index contributed by atoms with van der Waals surface area (Å²) in [7, 11) is 2.11. The Hall–Kier alpha value is -1.33. The van der Waals surface area contributed by atoms with E-state index >= 15 is 0 Å². The van der Waals surface area contributed by atoms with Crippen molar-refractivity contribution in [3.05, 3.63) is 33.3 Å². The molecular weight excluding hydrogens is 266 g/mol. The summed E-state index contributed by atoms with van der Waals surface area (Å²) < 4.78 is 0. The zero-order chi connectivity index (χ0) is 13.8. The van der Waals surface area contributed by atoms with Gasteiger partial charge in [0.2, 0.25) is 0 Å². The number of rotatable bonds is 4. The van der Waals surface area contributed by atoms with E-state index in [2.05, 4.69) is 17.3 Å². The molecule has 1 saturated heterocycles. The zero-order valence-electron chi connectivity index (χ0n) is 10.9. The van der Waals surface area contributed by atoms with Crippen LogP contribution in [0.2, 0.25) is 5.02 Å². The first-order chi connectivity index (χ1) is 9.06. The molecule has 1 aliphatic heterocycles. The molecule has 0 bridgehead atoms. The number of hydrogen-bond donors (Lipinski definition) is 1. The molecule has 1 aromatic carbocycles. The second kappa shape index (κ2) is 6.21. The van der Waals surface area contributed by atoms with E-state index < -0.39 is 0 Å². The predicted octanol–water partition coefficient (Wildman–Crippen LogP) is 3.00. The second-order valence-corrected chi connectivity index (χ2v) is 5.51. The molecular formula is C13H18ClN3O2. The second-order valence-electron chi connectivity index (χ2n) is 5.07. The maximum absolute atomic E-state index is 11.0. The first-order valence-electron chi connectivity index (χ1n) is 6.42. The van der Waals surface area contributed by atoms with Gasteiger partial charge in [0, 0.05) is 24.2 Å². The number of nitro benzene ring substituents is 1. The number of nitrogens with zero attached hydrogens (tertiary/aromatic N) is 2. The fourth-order valence-electron chi connectivity index (χ4n) is 2.50. The Balaban J connectivity index is 2.02. The van der Waals surface area contributed by atoms with Crippen LogP contribution in [0.1, 0.15) is 12.8 Å². The topological polar surface area (TPSA) is 58.4 Å². The molecule has 1 aliphatic rings. The largest absolute Gasteiger partial charge is 0.379 e. The van der Waals surface area contributed by atoms with E-state index in [4.69, 9.17) is 11.6 Å². The minimum absolute atomic E-state index is 0.0774. The average molecular weight is 284 g/mol. The number of nitrogens with one attached hydrogen (secondary N) is 1. The van der Waals surface area contributed by atoms with Crippen LogP contribution in [0.25, 0.3) is 0 Å². The number of likely N-dealkylation sites (tertiary alicyclic amines) is 1. The van der Waals surface area contributed by atoms with Crippen molar-refractivity contribution in [1.82, 2.24) is 4.90 Å². The summed E-state index contributed by atoms with van der Waals surface area (Å²) >= 11 is 5.90. The Morgan fingerprint density at radius 2 is 2.37 bits per heavy atom. The van der Waals surface area contributed by atoms with E-state index in [-0.39, 0.29) is 10.6 Å². The minimum atomic E-state index is -0.383. The number of piperidine rings is 1. The molecule has 1 fully saturated rings. The van der Waals surface area contributed by atoms with Gasteiger partial charge in [-0.05, 0) is 44.5 Å². The average Bonchev–Trinajstić information content (AvgIpc) is 2.36. The van der Waals surface area contributed by atoms with E-state index in [9.17, 15) is 10.1 Å². The van der Waals surface area contributed by atoms with Crippen LogP contribution in [-0.4, -0.2) is 36.5 Å². The number of hydrogen-bond acceptors (Lipinski definition) is 4. The quantitative estimate of drug-likeness (QED) is 0.682. The van der Waals surface area contributed by atoms with Crippen molar-refractivity contribution in [3.63, 3.8) is 0 Å². The third-order valence-electron chi connectivity index (χ3n) is 3.46. The SMILES string of the molecule is CN1CCCC(CNc2cc(Cl)ccc2[N+](=O)[O-])C1. The molecule has 1 atom stereocenters. The van der Waals surface area contributed by atoms with Crippen molar-refractivity contribution in [2.45, 2.75) is 12.8 Å². The number of halogens is 1. The number of benzene rings is 1. The van der Waals surface area contributed by atoms with E-state index in [1.54, 1.807) is 12.1 Å². The van der Waals surface area contributed by atoms with Gasteiger partial charge in [0.1, 0.15) is 5.69 Å². The summed E-state index contributed by atoms with van der Waals surface area (Å²) in [6.45, 7) is 2.90. The third kappa shape index (κ3) is 3.81. The smallest absolute Gasteiger partial charge is 0.292 e. The highest BCUT2D eigenvalue weighted by atomic mass is 35.5. The fraction of sp³-hybridized carbons (Fsp3) is 0.538. The van der Waals surface area contributed by atoms with Gasteiger partial charge in [0.25, 0.3) is 5.69 Å². The Labute approximate surface area is 117 Å². The summed E-state index contributed by atoms with van der Waals surface area (Å²) in [5.41, 5.74) is 0.583. The molecule has 2 rings (SSSR count). The molecule has 5 nitrogen and oxygen atoms in total. The Morgan fingerprint density at radius 3 is 3.05 bits per heavy atom. The maximum Gasteiger partial charge on any atom is 0.292 e. The summed E-state index contributed by atoms with van der Waals surface area (Å²) in [6.07, 6.45) is 2.34. The first-order valence-corrected chi connectivity index (χ1v) is 6.80. The van der Waals surface area contributed by atoms with Gasteiger partial charge in [-0.2, -0.15) is 0 Å². The Bertz CT molecular complexity index is 467. The molecule has 0 aliphatic carbocycles. The molecule has 6 heteroatoms. The van der Waals surface area contributed by atoms with Crippen LogP contribution in [0, 0.1) is 16.0 Å². The van der Waals surface area contributed by atoms with Crippen molar-refractivity contribution >= 4 is 23.0 Å². The lowest BCUT2D eigenvalue weighted by Crippen LogP contribution is -2.35. The molecule has 0 aromatic heterocycles. The number of anilines is 1. The van der Waals surface area contributed by atoms with Crippen molar-refractivity contribution in [2.24, 2.45) is 5.92 Å². The van der Waals surface area contributed by atoms with E-state index in [0.29, 0.717) is 16.6 Å². The molecule has 19 heavy (non-hydrogen) atoms. The standard InChI is InChI=1S/C13H18ClN3O2/c1-16-6-2-3-10(9-16)8-15-12-7-11(14)4-5-13(12)17(18)19/h4-5,7,10,15H,2-3,6,8-9H2,1H3. The lowest BCUT2D eigenvalue weighted by molar-refractivity contribution is -0.384. The normalized spacial score (nSPS) is 20.2. The van der Waals surface area contributed by atoms with Crippen LogP contribution in [0.4, 0.5) is 11.4 Å². The molecule has 1 aromatic rings. The van der Waals surface area contributed by atoms with Crippen molar-refractivity contribution in [2.75, 3.05) is 32.0 Å². The van der Waals surface area contributed by atoms with Crippen LogP contribution in [0.15, 0.2) is 18.2 Å². The van der Waals surface area contributed by atoms with Crippen molar-refractivity contribution < 1.29 is 4.92 Å². The highest BCUT2D eigenvalue weighted by Gasteiger charge is 2.19. The third-order valence-corrected chi connectivity index (χ3v) is 3.69. The summed E-state index contributed by atoms with van der Waals surface area (Å²) in [6, 6.07) is 4.60. The maximum atomic E-state index is 11.0. The van der Waals surface area contributed by atoms with Gasteiger partial charge in [-0.3, -0.25) is 10.1 Å². The van der Waals surface area contributed by atoms with Crippen LogP contribution in [-0.2, 0) is 0 Å². The fourth-order valence-corrected chi connectivity index (χ4v) is 2.68. The van der Waals surface area contributed by atoms with Gasteiger partial charge in [0.05, 0.1) is 4.92 Å². The molecule has 1 heterocycles. The van der Waals surface area contributed by atoms with Crippen LogP contribution in [0.5, 0.6) is 0 Å². The monoisotopic (exact) mass is 283 g/mol. The Morgan fingerprint density at radius 1 is 1.58 bits per heavy atom. The first kappa shape index (κ1) is 14.1. The Kier molecular flexibility index (Phi) is 4.61. The van der Waals surface area contributed by atoms with Gasteiger partial charge in [-0.25, -0.2) is 0 Å². The molecule has 104 valence electrons. The lowest BCUT2D eigenvalue weighted by Gasteiger charge is -2.29. The molecule has 0 amide bonds. The van der Waals surface area contributed by atoms with Crippen molar-refractivity contribution in [3.8, 4) is 0 Å². The van der Waals surface area contributed by atoms with Gasteiger partial charge >= 0.3 is 0 Å². The van der Waals surface area contributed by atoms with E-state index in [1.807, 2.05) is 0 Å². The summed E-state index contributed by atoms with van der Waals surface area (Å²) in [5, 5.41) is 14.6. The van der Waals surface area contributed by atoms with Crippen molar-refractivity contribution in [1.29, 1.82) is 0 Å². The molecule has 0 spiro atoms. The van der Waals surface area contributed by atoms with Gasteiger partial charge < -0.3 is 10.2 Å². The van der Waals surface area contributed by atoms with Crippen LogP contribution < -0.4 is 5.32 Å². The highest BCUT2D eigenvalue weighted by molar-refractivity contribution is 6.31. The molecule has 0 radical (unpaired) electrons. The molecule has 1 N–H and O–H groups in total.